The van der Waals surface area contributed by atoms with Gasteiger partial charge in [-0.25, -0.2) is 9.67 Å². The summed E-state index contributed by atoms with van der Waals surface area (Å²) in [5.74, 6) is 0.623. The predicted octanol–water partition coefficient (Wildman–Crippen LogP) is 4.29. The molecule has 3 aromatic rings. The van der Waals surface area contributed by atoms with E-state index in [1.165, 1.54) is 0 Å². The maximum Gasteiger partial charge on any atom is 0.256 e. The Morgan fingerprint density at radius 3 is 2.67 bits per heavy atom. The number of anilines is 1. The number of aromatic nitrogens is 3. The van der Waals surface area contributed by atoms with E-state index in [0.29, 0.717) is 12.2 Å². The number of hydrogen-bond acceptors (Lipinski definition) is 5. The topological polar surface area (TPSA) is 72.3 Å². The fourth-order valence-electron chi connectivity index (χ4n) is 3.23. The van der Waals surface area contributed by atoms with Gasteiger partial charge in [0.2, 0.25) is 0 Å². The number of carbonyl (C=O) groups is 1. The normalized spacial score (nSPS) is 12.3. The second kappa shape index (κ2) is 9.71. The average molecular weight is 410 g/mol. The molecule has 1 aromatic carbocycles. The van der Waals surface area contributed by atoms with Crippen molar-refractivity contribution in [1.29, 1.82) is 0 Å². The lowest BCUT2D eigenvalue weighted by Gasteiger charge is -2.12. The second-order valence-electron chi connectivity index (χ2n) is 7.88. The van der Waals surface area contributed by atoms with Crippen LogP contribution in [0.1, 0.15) is 48.8 Å². The van der Waals surface area contributed by atoms with Crippen LogP contribution in [0.5, 0.6) is 5.75 Å². The highest BCUT2D eigenvalue weighted by Crippen LogP contribution is 2.24. The lowest BCUT2D eigenvalue weighted by molar-refractivity contribution is 0.102. The monoisotopic (exact) mass is 409 g/mol. The van der Waals surface area contributed by atoms with Gasteiger partial charge < -0.3 is 15.0 Å². The lowest BCUT2D eigenvalue weighted by Crippen LogP contribution is -2.15. The zero-order chi connectivity index (χ0) is 21.7. The Kier molecular flexibility index (Phi) is 7.05. The zero-order valence-electron chi connectivity index (χ0n) is 18.5. The van der Waals surface area contributed by atoms with Crippen LogP contribution in [0.4, 0.5) is 5.69 Å². The molecule has 1 amide bonds. The van der Waals surface area contributed by atoms with Gasteiger partial charge in [0.05, 0.1) is 29.8 Å². The van der Waals surface area contributed by atoms with Crippen molar-refractivity contribution in [3.8, 4) is 5.75 Å². The lowest BCUT2D eigenvalue weighted by atomic mass is 10.1. The number of nitrogens with one attached hydrogen (secondary N) is 1. The highest BCUT2D eigenvalue weighted by atomic mass is 16.5. The van der Waals surface area contributed by atoms with Crippen LogP contribution in [0.3, 0.4) is 0 Å². The van der Waals surface area contributed by atoms with Crippen molar-refractivity contribution in [3.63, 3.8) is 0 Å². The van der Waals surface area contributed by atoms with E-state index in [9.17, 15) is 4.79 Å². The minimum atomic E-state index is -0.172. The summed E-state index contributed by atoms with van der Waals surface area (Å²) in [5.41, 5.74) is 2.84. The van der Waals surface area contributed by atoms with Gasteiger partial charge in [0, 0.05) is 17.9 Å². The molecule has 7 nitrogen and oxygen atoms in total. The average Bonchev–Trinajstić information content (AvgIpc) is 3.14. The van der Waals surface area contributed by atoms with E-state index in [-0.39, 0.29) is 11.9 Å². The number of fused-ring (bicyclic) bond motifs is 1. The van der Waals surface area contributed by atoms with E-state index >= 15 is 0 Å². The number of carbonyl (C=O) groups excluding carboxylic acids is 1. The van der Waals surface area contributed by atoms with Gasteiger partial charge in [-0.2, -0.15) is 5.10 Å². The summed E-state index contributed by atoms with van der Waals surface area (Å²) in [5, 5.41) is 8.21. The number of benzene rings is 1. The van der Waals surface area contributed by atoms with Gasteiger partial charge in [0.15, 0.2) is 5.65 Å². The highest BCUT2D eigenvalue weighted by Gasteiger charge is 2.17. The van der Waals surface area contributed by atoms with Crippen molar-refractivity contribution in [2.45, 2.75) is 39.7 Å². The Morgan fingerprint density at radius 1 is 1.27 bits per heavy atom. The minimum absolute atomic E-state index is 0.172. The molecule has 160 valence electrons. The maximum absolute atomic E-state index is 13.0. The predicted molar refractivity (Wildman–Crippen MR) is 120 cm³/mol. The summed E-state index contributed by atoms with van der Waals surface area (Å²) < 4.78 is 7.64. The van der Waals surface area contributed by atoms with Crippen LogP contribution in [-0.4, -0.2) is 52.8 Å². The van der Waals surface area contributed by atoms with E-state index < -0.39 is 0 Å². The summed E-state index contributed by atoms with van der Waals surface area (Å²) in [6.45, 7) is 7.75. The fourth-order valence-corrected chi connectivity index (χ4v) is 3.23. The zero-order valence-corrected chi connectivity index (χ0v) is 18.5. The first-order chi connectivity index (χ1) is 14.4. The van der Waals surface area contributed by atoms with E-state index in [1.807, 2.05) is 56.0 Å². The largest absolute Gasteiger partial charge is 0.494 e. The number of ether oxygens (including phenoxy) is 1. The number of nitrogens with zero attached hydrogens (tertiary/aromatic N) is 4. The molecule has 1 unspecified atom stereocenters. The van der Waals surface area contributed by atoms with Gasteiger partial charge >= 0.3 is 0 Å². The van der Waals surface area contributed by atoms with Gasteiger partial charge in [-0.1, -0.05) is 6.92 Å². The molecule has 2 aromatic heterocycles. The molecule has 0 saturated carbocycles. The second-order valence-corrected chi connectivity index (χ2v) is 7.88. The molecule has 0 bridgehead atoms. The molecular formula is C23H31N5O2. The first-order valence-corrected chi connectivity index (χ1v) is 10.4. The van der Waals surface area contributed by atoms with Crippen LogP contribution < -0.4 is 10.1 Å². The van der Waals surface area contributed by atoms with Crippen LogP contribution in [-0.2, 0) is 0 Å². The smallest absolute Gasteiger partial charge is 0.256 e. The van der Waals surface area contributed by atoms with E-state index in [1.54, 1.807) is 6.20 Å². The first kappa shape index (κ1) is 21.8. The van der Waals surface area contributed by atoms with Gasteiger partial charge in [-0.3, -0.25) is 4.79 Å². The highest BCUT2D eigenvalue weighted by molar-refractivity contribution is 6.12. The third kappa shape index (κ3) is 5.16. The van der Waals surface area contributed by atoms with Crippen molar-refractivity contribution in [2.75, 3.05) is 32.6 Å². The van der Waals surface area contributed by atoms with Crippen molar-refractivity contribution in [1.82, 2.24) is 19.7 Å². The third-order valence-electron chi connectivity index (χ3n) is 5.08. The third-order valence-corrected chi connectivity index (χ3v) is 5.08. The number of amides is 1. The van der Waals surface area contributed by atoms with Crippen LogP contribution in [0.2, 0.25) is 0 Å². The molecular weight excluding hydrogens is 378 g/mol. The van der Waals surface area contributed by atoms with Crippen LogP contribution >= 0.6 is 0 Å². The summed E-state index contributed by atoms with van der Waals surface area (Å²) in [6.07, 6.45) is 3.64. The van der Waals surface area contributed by atoms with E-state index in [0.717, 1.165) is 47.6 Å². The molecule has 1 atom stereocenters. The summed E-state index contributed by atoms with van der Waals surface area (Å²) >= 11 is 0. The molecule has 2 heterocycles. The molecule has 30 heavy (non-hydrogen) atoms. The number of rotatable bonds is 9. The van der Waals surface area contributed by atoms with E-state index in [4.69, 9.17) is 4.74 Å². The molecule has 0 aliphatic rings. The molecule has 0 saturated heterocycles. The van der Waals surface area contributed by atoms with Crippen LogP contribution in [0, 0.1) is 6.92 Å². The van der Waals surface area contributed by atoms with Gasteiger partial charge in [0.1, 0.15) is 5.75 Å². The molecule has 0 radical (unpaired) electrons. The number of aryl methyl sites for hydroxylation is 1. The molecule has 1 N–H and O–H groups in total. The fraction of sp³-hybridized carbons (Fsp3) is 0.435. The number of hydrogen-bond donors (Lipinski definition) is 1. The van der Waals surface area contributed by atoms with E-state index in [2.05, 4.69) is 34.1 Å². The van der Waals surface area contributed by atoms with Crippen molar-refractivity contribution in [3.05, 3.63) is 47.8 Å². The summed E-state index contributed by atoms with van der Waals surface area (Å²) in [6, 6.07) is 9.49. The number of pyridine rings is 1. The van der Waals surface area contributed by atoms with Crippen LogP contribution in [0.15, 0.2) is 36.5 Å². The molecule has 7 heteroatoms. The molecule has 0 aliphatic heterocycles. The molecule has 0 aliphatic carbocycles. The van der Waals surface area contributed by atoms with Crippen molar-refractivity contribution in [2.24, 2.45) is 0 Å². The Morgan fingerprint density at radius 2 is 2.00 bits per heavy atom. The van der Waals surface area contributed by atoms with Crippen molar-refractivity contribution < 1.29 is 9.53 Å². The molecule has 0 spiro atoms. The molecule has 3 rings (SSSR count). The Hall–Kier alpha value is -2.93. The summed E-state index contributed by atoms with van der Waals surface area (Å²) in [4.78, 5) is 19.7. The van der Waals surface area contributed by atoms with Crippen molar-refractivity contribution >= 4 is 22.6 Å². The Balaban J connectivity index is 1.71. The van der Waals surface area contributed by atoms with Gasteiger partial charge in [-0.15, -0.1) is 0 Å². The van der Waals surface area contributed by atoms with Crippen LogP contribution in [0.25, 0.3) is 11.0 Å². The quantitative estimate of drug-likeness (QED) is 0.534. The van der Waals surface area contributed by atoms with Gasteiger partial charge in [-0.05, 0) is 71.1 Å². The Bertz CT molecular complexity index is 995. The Labute approximate surface area is 178 Å². The summed E-state index contributed by atoms with van der Waals surface area (Å²) in [7, 11) is 4.09. The molecule has 0 fully saturated rings. The van der Waals surface area contributed by atoms with Gasteiger partial charge in [0.25, 0.3) is 5.91 Å². The SMILES string of the molecule is CCC(C)n1ncc2c(C(=O)Nc3ccc(OCCCN(C)C)cc3)cc(C)nc21. The maximum atomic E-state index is 13.0. The standard InChI is InChI=1S/C23H31N5O2/c1-6-17(3)28-22-21(15-24-28)20(14-16(2)25-22)23(29)26-18-8-10-19(11-9-18)30-13-7-12-27(4)5/h8-11,14-15,17H,6-7,12-13H2,1-5H3,(H,26,29). The minimum Gasteiger partial charge on any atom is -0.494 e. The first-order valence-electron chi connectivity index (χ1n) is 10.4.